The minimum absolute atomic E-state index is 0.199. The zero-order valence-electron chi connectivity index (χ0n) is 13.3. The second kappa shape index (κ2) is 6.46. The molecule has 5 nitrogen and oxygen atoms in total. The first-order valence-electron chi connectivity index (χ1n) is 7.49. The quantitative estimate of drug-likeness (QED) is 0.805. The van der Waals surface area contributed by atoms with Crippen LogP contribution in [0.3, 0.4) is 0 Å². The number of carbonyl (C=O) groups excluding carboxylic acids is 2. The van der Waals surface area contributed by atoms with Gasteiger partial charge in [-0.25, -0.2) is 14.6 Å². The Balaban J connectivity index is 2.52. The molecule has 0 saturated carbocycles. The number of halogens is 1. The molecule has 1 N–H and O–H groups in total. The van der Waals surface area contributed by atoms with Crippen LogP contribution < -0.4 is 5.32 Å². The lowest BCUT2D eigenvalue weighted by Crippen LogP contribution is -2.59. The van der Waals surface area contributed by atoms with Crippen molar-refractivity contribution in [2.45, 2.75) is 33.1 Å². The number of quaternary nitrogens is 1. The van der Waals surface area contributed by atoms with Gasteiger partial charge >= 0.3 is 11.9 Å². The highest BCUT2D eigenvalue weighted by atomic mass is 79.9. The largest absolute Gasteiger partial charge is 0.429 e. The highest BCUT2D eigenvalue weighted by Crippen LogP contribution is 2.33. The van der Waals surface area contributed by atoms with E-state index in [-0.39, 0.29) is 16.4 Å². The molecule has 1 aromatic rings. The van der Waals surface area contributed by atoms with Crippen LogP contribution in [-0.4, -0.2) is 35.0 Å². The van der Waals surface area contributed by atoms with Crippen molar-refractivity contribution in [3.8, 4) is 0 Å². The molecule has 119 valence electrons. The number of amides is 3. The fraction of sp³-hybridized carbons (Fsp3) is 0.500. The summed E-state index contributed by atoms with van der Waals surface area (Å²) in [6.07, 6.45) is 3.90. The van der Waals surface area contributed by atoms with Crippen LogP contribution >= 0.6 is 15.9 Å². The molecular weight excluding hydrogens is 346 g/mol. The number of anilines is 1. The summed E-state index contributed by atoms with van der Waals surface area (Å²) in [5.74, 6) is 0.705. The zero-order chi connectivity index (χ0) is 16.5. The van der Waals surface area contributed by atoms with Crippen molar-refractivity contribution in [2.75, 3.05) is 18.9 Å². The Hall–Kier alpha value is -1.27. The van der Waals surface area contributed by atoms with Crippen molar-refractivity contribution >= 4 is 33.7 Å². The van der Waals surface area contributed by atoms with Crippen LogP contribution in [0.2, 0.25) is 0 Å². The molecule has 1 radical (unpaired) electrons. The van der Waals surface area contributed by atoms with Gasteiger partial charge in [0, 0.05) is 10.7 Å². The van der Waals surface area contributed by atoms with E-state index in [4.69, 9.17) is 0 Å². The molecule has 1 unspecified atom stereocenters. The molecule has 0 aliphatic carbocycles. The molecule has 0 saturated heterocycles. The fourth-order valence-corrected chi connectivity index (χ4v) is 3.11. The van der Waals surface area contributed by atoms with Crippen LogP contribution in [0.5, 0.6) is 0 Å². The molecule has 6 heteroatoms. The van der Waals surface area contributed by atoms with Crippen LogP contribution in [0.1, 0.15) is 42.6 Å². The first-order valence-corrected chi connectivity index (χ1v) is 8.29. The van der Waals surface area contributed by atoms with Crippen LogP contribution in [0.4, 0.5) is 10.6 Å². The van der Waals surface area contributed by atoms with Gasteiger partial charge in [-0.1, -0.05) is 13.8 Å². The lowest BCUT2D eigenvalue weighted by atomic mass is 9.97. The Bertz CT molecular complexity index is 616. The summed E-state index contributed by atoms with van der Waals surface area (Å²) in [7, 11) is 1.64. The van der Waals surface area contributed by atoms with Crippen molar-refractivity contribution in [2.24, 2.45) is 5.92 Å². The number of hydrogen-bond donors (Lipinski definition) is 1. The van der Waals surface area contributed by atoms with Crippen LogP contribution in [0, 0.1) is 12.8 Å². The zero-order valence-corrected chi connectivity index (χ0v) is 14.9. The van der Waals surface area contributed by atoms with E-state index >= 15 is 0 Å². The molecule has 2 rings (SSSR count). The smallest absolute Gasteiger partial charge is 0.258 e. The Labute approximate surface area is 139 Å². The van der Waals surface area contributed by atoms with E-state index in [0.717, 1.165) is 22.9 Å². The highest BCUT2D eigenvalue weighted by Gasteiger charge is 2.47. The summed E-state index contributed by atoms with van der Waals surface area (Å²) < 4.78 is 0.515. The van der Waals surface area contributed by atoms with Gasteiger partial charge in [-0.15, -0.1) is 0 Å². The second-order valence-electron chi connectivity index (χ2n) is 6.24. The number of imide groups is 1. The maximum atomic E-state index is 13.0. The highest BCUT2D eigenvalue weighted by molar-refractivity contribution is 9.10. The van der Waals surface area contributed by atoms with Gasteiger partial charge in [0.15, 0.2) is 5.82 Å². The molecule has 3 amide bonds. The lowest BCUT2D eigenvalue weighted by Gasteiger charge is -2.33. The normalized spacial score (nSPS) is 21.0. The van der Waals surface area contributed by atoms with Gasteiger partial charge in [-0.2, -0.15) is 4.48 Å². The van der Waals surface area contributed by atoms with Gasteiger partial charge in [0.1, 0.15) is 5.56 Å². The van der Waals surface area contributed by atoms with Gasteiger partial charge in [-0.05, 0) is 53.6 Å². The molecule has 0 bridgehead atoms. The summed E-state index contributed by atoms with van der Waals surface area (Å²) in [5, 5.41) is 2.77. The Kier molecular flexibility index (Phi) is 5.02. The van der Waals surface area contributed by atoms with Crippen LogP contribution in [0.25, 0.3) is 0 Å². The number of fused-ring (bicyclic) bond motifs is 1. The van der Waals surface area contributed by atoms with E-state index in [0.29, 0.717) is 30.3 Å². The summed E-state index contributed by atoms with van der Waals surface area (Å²) >= 11 is 3.50. The standard InChI is InChI=1S/C16H21BrN3O2/c1-5-8-20(4)15(21)13-11(7-6-10(2)3)12(17)9-18-14(13)19-16(20)22/h9-10H,1,5-8H2,2-4H3/p+1. The number of hydrogen-bond acceptors (Lipinski definition) is 3. The van der Waals surface area contributed by atoms with E-state index in [1.54, 1.807) is 13.2 Å². The topological polar surface area (TPSA) is 59.1 Å². The number of aromatic nitrogens is 1. The lowest BCUT2D eigenvalue weighted by molar-refractivity contribution is -0.742. The number of pyridine rings is 1. The minimum atomic E-state index is -0.342. The van der Waals surface area contributed by atoms with Crippen molar-refractivity contribution < 1.29 is 14.1 Å². The molecular formula is C16H22BrN3O2+. The van der Waals surface area contributed by atoms with Gasteiger partial charge in [0.05, 0.1) is 13.6 Å². The van der Waals surface area contributed by atoms with Gasteiger partial charge < -0.3 is 0 Å². The molecule has 2 heterocycles. The van der Waals surface area contributed by atoms with Gasteiger partial charge in [0.25, 0.3) is 0 Å². The van der Waals surface area contributed by atoms with Crippen molar-refractivity contribution in [1.29, 1.82) is 0 Å². The van der Waals surface area contributed by atoms with E-state index in [2.05, 4.69) is 47.0 Å². The van der Waals surface area contributed by atoms with E-state index in [9.17, 15) is 9.59 Å². The number of nitrogens with zero attached hydrogens (tertiary/aromatic N) is 2. The SMILES string of the molecule is [CH2]CC[N+]1(C)C(=O)Nc2ncc(Br)c(CCC(C)C)c2C1=O. The predicted molar refractivity (Wildman–Crippen MR) is 89.5 cm³/mol. The maximum Gasteiger partial charge on any atom is 0.429 e. The second-order valence-corrected chi connectivity index (χ2v) is 7.10. The fourth-order valence-electron chi connectivity index (χ4n) is 2.61. The summed E-state index contributed by atoms with van der Waals surface area (Å²) in [6, 6.07) is -0.342. The molecule has 0 fully saturated rings. The first-order chi connectivity index (χ1) is 10.3. The first kappa shape index (κ1) is 17.1. The molecule has 1 aliphatic heterocycles. The average molecular weight is 368 g/mol. The molecule has 0 aromatic carbocycles. The Morgan fingerprint density at radius 1 is 1.41 bits per heavy atom. The van der Waals surface area contributed by atoms with Crippen molar-refractivity contribution in [3.05, 3.63) is 28.7 Å². The molecule has 1 aliphatic rings. The van der Waals surface area contributed by atoms with Crippen LogP contribution in [-0.2, 0) is 6.42 Å². The number of carbonyl (C=O) groups is 2. The minimum Gasteiger partial charge on any atom is -0.258 e. The average Bonchev–Trinajstić information content (AvgIpc) is 2.45. The Morgan fingerprint density at radius 3 is 2.68 bits per heavy atom. The maximum absolute atomic E-state index is 13.0. The van der Waals surface area contributed by atoms with Crippen LogP contribution in [0.15, 0.2) is 10.7 Å². The summed E-state index contributed by atoms with van der Waals surface area (Å²) in [6.45, 7) is 8.45. The molecule has 22 heavy (non-hydrogen) atoms. The third-order valence-electron chi connectivity index (χ3n) is 4.05. The van der Waals surface area contributed by atoms with Gasteiger partial charge in [-0.3, -0.25) is 5.32 Å². The number of rotatable bonds is 5. The number of urea groups is 1. The number of nitrogens with one attached hydrogen (secondary N) is 1. The summed E-state index contributed by atoms with van der Waals surface area (Å²) in [4.78, 5) is 29.5. The van der Waals surface area contributed by atoms with E-state index in [1.165, 1.54) is 0 Å². The molecule has 0 spiro atoms. The predicted octanol–water partition coefficient (Wildman–Crippen LogP) is 3.79. The van der Waals surface area contributed by atoms with Gasteiger partial charge in [0.2, 0.25) is 0 Å². The monoisotopic (exact) mass is 367 g/mol. The van der Waals surface area contributed by atoms with E-state index < -0.39 is 0 Å². The Morgan fingerprint density at radius 2 is 2.09 bits per heavy atom. The third-order valence-corrected chi connectivity index (χ3v) is 4.73. The van der Waals surface area contributed by atoms with Crippen molar-refractivity contribution in [3.63, 3.8) is 0 Å². The molecule has 1 aromatic heterocycles. The molecule has 1 atom stereocenters. The summed E-state index contributed by atoms with van der Waals surface area (Å²) in [5.41, 5.74) is 1.46. The van der Waals surface area contributed by atoms with E-state index in [1.807, 2.05) is 0 Å². The van der Waals surface area contributed by atoms with Crippen molar-refractivity contribution in [1.82, 2.24) is 4.98 Å². The third kappa shape index (κ3) is 2.94.